The number of alkyl halides is 11. The fraction of sp³-hybridized carbons (Fsp3) is 1.00. The molecule has 0 rings (SSSR count). The molecule has 0 N–H and O–H groups in total. The zero-order valence-electron chi connectivity index (χ0n) is 13.4. The molecule has 0 aromatic heterocycles. The van der Waals surface area contributed by atoms with Crippen molar-refractivity contribution in [2.45, 2.75) is 30.4 Å². The lowest BCUT2D eigenvalue weighted by molar-refractivity contribution is -0.472. The summed E-state index contributed by atoms with van der Waals surface area (Å²) in [4.78, 5) is 0. The first kappa shape index (κ1) is 27.5. The normalized spacial score (nSPS) is 14.1. The Hall–Kier alpha value is -0.713. The number of rotatable bonds is 9. The molecule has 0 radical (unpaired) electrons. The number of hydrogen-bond donors (Lipinski definition) is 0. The molecule has 0 atom stereocenters. The van der Waals surface area contributed by atoms with Crippen molar-refractivity contribution < 1.29 is 66.3 Å². The second kappa shape index (κ2) is 10.0. The fourth-order valence-corrected chi connectivity index (χ4v) is 2.46. The average molecular weight is 436 g/mol. The molecule has 0 amide bonds. The van der Waals surface area contributed by atoms with Crippen LogP contribution in [0.25, 0.3) is 0 Å². The molecule has 0 aliphatic carbocycles. The summed E-state index contributed by atoms with van der Waals surface area (Å²) >= 11 is 0. The maximum absolute atomic E-state index is 12.0. The first-order chi connectivity index (χ1) is 11.5. The lowest BCUT2D eigenvalue weighted by Gasteiger charge is -2.29. The summed E-state index contributed by atoms with van der Waals surface area (Å²) in [5.74, 6) is -6.86. The molecule has 4 nitrogen and oxygen atoms in total. The van der Waals surface area contributed by atoms with Gasteiger partial charge in [0, 0.05) is 27.4 Å². The minimum atomic E-state index is -6.86. The van der Waals surface area contributed by atoms with Crippen LogP contribution in [-0.2, 0) is 18.0 Å². The van der Waals surface area contributed by atoms with Gasteiger partial charge in [0.05, 0.1) is 6.67 Å². The smallest absolute Gasteiger partial charge is 0.377 e. The Morgan fingerprint density at radius 2 is 1.12 bits per heavy atom. The number of halogens is 11. The Bertz CT molecular complexity index is 393. The van der Waals surface area contributed by atoms with Crippen LogP contribution in [0, 0.1) is 0 Å². The maximum atomic E-state index is 12.0. The topological polar surface area (TPSA) is 36.9 Å². The van der Waals surface area contributed by atoms with E-state index in [2.05, 4.69) is 0 Å². The van der Waals surface area contributed by atoms with Crippen molar-refractivity contribution in [3.63, 3.8) is 0 Å². The van der Waals surface area contributed by atoms with Gasteiger partial charge in [0.1, 0.15) is 0 Å². The molecular formula is C10H15F11O4Si. The van der Waals surface area contributed by atoms with Gasteiger partial charge in [-0.15, -0.1) is 0 Å². The molecule has 0 bridgehead atoms. The number of hydrogen-bond acceptors (Lipinski definition) is 4. The Kier molecular flexibility index (Phi) is 10.6. The maximum Gasteiger partial charge on any atom is 0.502 e. The van der Waals surface area contributed by atoms with Crippen LogP contribution in [0.3, 0.4) is 0 Å². The molecule has 0 fully saturated rings. The zero-order chi connectivity index (χ0) is 21.4. The first-order valence-corrected chi connectivity index (χ1v) is 8.12. The molecule has 0 aliphatic heterocycles. The molecule has 16 heteroatoms. The summed E-state index contributed by atoms with van der Waals surface area (Å²) in [6.07, 6.45) is -18.8. The third kappa shape index (κ3) is 7.49. The highest BCUT2D eigenvalue weighted by Crippen LogP contribution is 2.48. The monoisotopic (exact) mass is 436 g/mol. The van der Waals surface area contributed by atoms with Gasteiger partial charge in [0.2, 0.25) is 0 Å². The summed E-state index contributed by atoms with van der Waals surface area (Å²) < 4.78 is 145. The van der Waals surface area contributed by atoms with Crippen LogP contribution in [0.2, 0.25) is 6.04 Å². The van der Waals surface area contributed by atoms with E-state index in [1.807, 2.05) is 4.74 Å². The fourth-order valence-electron chi connectivity index (χ4n) is 1.12. The highest BCUT2D eigenvalue weighted by molar-refractivity contribution is 6.60. The Balaban J connectivity index is 0. The molecule has 0 saturated carbocycles. The van der Waals surface area contributed by atoms with E-state index in [0.29, 0.717) is 0 Å². The molecule has 0 aromatic carbocycles. The molecule has 0 unspecified atom stereocenters. The third-order valence-electron chi connectivity index (χ3n) is 2.49. The van der Waals surface area contributed by atoms with Gasteiger partial charge in [-0.1, -0.05) is 0 Å². The second-order valence-corrected chi connectivity index (χ2v) is 7.29. The average Bonchev–Trinajstić information content (AvgIpc) is 2.51. The largest absolute Gasteiger partial charge is 0.502 e. The summed E-state index contributed by atoms with van der Waals surface area (Å²) in [6.45, 7) is -3.45. The van der Waals surface area contributed by atoms with Gasteiger partial charge >= 0.3 is 33.1 Å². The summed E-state index contributed by atoms with van der Waals surface area (Å²) in [5, 5.41) is 0. The van der Waals surface area contributed by atoms with Gasteiger partial charge in [0.25, 0.3) is 0 Å². The van der Waals surface area contributed by atoms with E-state index in [4.69, 9.17) is 13.3 Å². The van der Waals surface area contributed by atoms with Gasteiger partial charge in [-0.05, 0) is 0 Å². The van der Waals surface area contributed by atoms with Crippen LogP contribution in [-0.4, -0.2) is 67.8 Å². The molecule has 0 heterocycles. The van der Waals surface area contributed by atoms with Crippen molar-refractivity contribution in [2.24, 2.45) is 0 Å². The molecule has 0 spiro atoms. The zero-order valence-corrected chi connectivity index (χ0v) is 14.4. The van der Waals surface area contributed by atoms with Gasteiger partial charge in [-0.2, -0.15) is 39.5 Å². The predicted molar refractivity (Wildman–Crippen MR) is 65.5 cm³/mol. The van der Waals surface area contributed by atoms with E-state index in [9.17, 15) is 48.3 Å². The van der Waals surface area contributed by atoms with Crippen molar-refractivity contribution in [1.29, 1.82) is 0 Å². The predicted octanol–water partition coefficient (Wildman–Crippen LogP) is 4.19. The second-order valence-electron chi connectivity index (χ2n) is 4.20. The van der Waals surface area contributed by atoms with Crippen LogP contribution < -0.4 is 0 Å². The Morgan fingerprint density at radius 1 is 0.731 bits per heavy atom. The minimum Gasteiger partial charge on any atom is -0.377 e. The van der Waals surface area contributed by atoms with Crippen LogP contribution in [0.1, 0.15) is 0 Å². The van der Waals surface area contributed by atoms with Crippen molar-refractivity contribution in [3.8, 4) is 0 Å². The minimum absolute atomic E-state index is 0.219. The molecule has 160 valence electrons. The van der Waals surface area contributed by atoms with Crippen molar-refractivity contribution in [1.82, 2.24) is 0 Å². The van der Waals surface area contributed by atoms with Crippen molar-refractivity contribution in [3.05, 3.63) is 0 Å². The van der Waals surface area contributed by atoms with Gasteiger partial charge in [-0.3, -0.25) is 4.39 Å². The van der Waals surface area contributed by atoms with E-state index in [1.165, 1.54) is 21.3 Å². The lowest BCUT2D eigenvalue weighted by atomic mass is 10.3. The van der Waals surface area contributed by atoms with E-state index in [-0.39, 0.29) is 6.04 Å². The van der Waals surface area contributed by atoms with Crippen LogP contribution >= 0.6 is 0 Å². The van der Waals surface area contributed by atoms with E-state index >= 15 is 0 Å². The van der Waals surface area contributed by atoms with Crippen LogP contribution in [0.15, 0.2) is 0 Å². The highest BCUT2D eigenvalue weighted by Gasteiger charge is 2.76. The van der Waals surface area contributed by atoms with E-state index in [1.54, 1.807) is 0 Å². The lowest BCUT2D eigenvalue weighted by Crippen LogP contribution is -2.55. The van der Waals surface area contributed by atoms with Gasteiger partial charge in [-0.25, -0.2) is 9.13 Å². The summed E-state index contributed by atoms with van der Waals surface area (Å²) in [7, 11) is 1.81. The molecule has 0 saturated heterocycles. The van der Waals surface area contributed by atoms with E-state index in [0.717, 1.165) is 0 Å². The first-order valence-electron chi connectivity index (χ1n) is 6.19. The SMILES string of the molecule is CO[Si](CCF)(OC)OC.FCC(F)(F)OC(F)(F)C(F)(F)C(F)(F)F. The van der Waals surface area contributed by atoms with Crippen molar-refractivity contribution in [2.75, 3.05) is 34.7 Å². The molecule has 26 heavy (non-hydrogen) atoms. The number of ether oxygens (including phenoxy) is 1. The van der Waals surface area contributed by atoms with Crippen molar-refractivity contribution >= 4 is 8.80 Å². The summed E-state index contributed by atoms with van der Waals surface area (Å²) in [5.41, 5.74) is 0. The molecule has 0 aliphatic rings. The molecule has 0 aromatic rings. The van der Waals surface area contributed by atoms with Gasteiger partial charge in [0.15, 0.2) is 6.67 Å². The standard InChI is InChI=1S/C5H2F10O.C5H13FO3Si/c6-1-2(7,8)16-5(14,15)3(9,10)4(11,12)13;1-7-10(8-2,9-3)5-4-6/h1H2;4-5H2,1-3H3. The summed E-state index contributed by atoms with van der Waals surface area (Å²) in [6, 6.07) is 0.219. The third-order valence-corrected chi connectivity index (χ3v) is 5.16. The Morgan fingerprint density at radius 3 is 1.31 bits per heavy atom. The van der Waals surface area contributed by atoms with Gasteiger partial charge < -0.3 is 13.3 Å². The van der Waals surface area contributed by atoms with E-state index < -0.39 is 46.5 Å². The van der Waals surface area contributed by atoms with Crippen LogP contribution in [0.4, 0.5) is 48.3 Å². The highest BCUT2D eigenvalue weighted by atomic mass is 28.4. The van der Waals surface area contributed by atoms with Crippen LogP contribution in [0.5, 0.6) is 0 Å². The molecular weight excluding hydrogens is 421 g/mol. The quantitative estimate of drug-likeness (QED) is 0.401. The Labute approximate surface area is 141 Å².